The van der Waals surface area contributed by atoms with E-state index in [0.29, 0.717) is 17.2 Å². The summed E-state index contributed by atoms with van der Waals surface area (Å²) in [5.74, 6) is 0.361. The number of ether oxygens (including phenoxy) is 2. The maximum atomic E-state index is 11.7. The van der Waals surface area contributed by atoms with Gasteiger partial charge in [0.1, 0.15) is 12.4 Å². The van der Waals surface area contributed by atoms with Crippen LogP contribution in [0.3, 0.4) is 0 Å². The predicted molar refractivity (Wildman–Crippen MR) is 84.7 cm³/mol. The van der Waals surface area contributed by atoms with Crippen LogP contribution in [0.4, 0.5) is 0 Å². The fraction of sp³-hybridized carbons (Fsp3) is 0.562. The van der Waals surface area contributed by atoms with Crippen LogP contribution in [0.25, 0.3) is 0 Å². The second-order valence-electron chi connectivity index (χ2n) is 5.75. The normalized spacial score (nSPS) is 12.9. The lowest BCUT2D eigenvalue weighted by atomic mass is 9.95. The molecule has 0 saturated heterocycles. The van der Waals surface area contributed by atoms with Gasteiger partial charge < -0.3 is 15.2 Å². The Bertz CT molecular complexity index is 488. The molecule has 4 nitrogen and oxygen atoms in total. The smallest absolute Gasteiger partial charge is 0.314 e. The number of carbonyl (C=O) groups excluding carboxylic acids is 1. The van der Waals surface area contributed by atoms with Gasteiger partial charge in [-0.1, -0.05) is 24.6 Å². The molecule has 21 heavy (non-hydrogen) atoms. The van der Waals surface area contributed by atoms with Crippen molar-refractivity contribution in [2.75, 3.05) is 13.7 Å². The van der Waals surface area contributed by atoms with Crippen molar-refractivity contribution in [2.24, 2.45) is 11.1 Å². The molecule has 0 saturated carbocycles. The van der Waals surface area contributed by atoms with Gasteiger partial charge in [-0.25, -0.2) is 0 Å². The highest BCUT2D eigenvalue weighted by Gasteiger charge is 2.30. The van der Waals surface area contributed by atoms with Gasteiger partial charge in [-0.3, -0.25) is 4.79 Å². The first-order valence-electron chi connectivity index (χ1n) is 7.06. The molecule has 1 atom stereocenters. The summed E-state index contributed by atoms with van der Waals surface area (Å²) in [5, 5.41) is 0.632. The Morgan fingerprint density at radius 3 is 2.67 bits per heavy atom. The molecule has 0 amide bonds. The van der Waals surface area contributed by atoms with Crippen LogP contribution in [-0.2, 0) is 16.0 Å². The molecule has 0 spiro atoms. The second kappa shape index (κ2) is 7.66. The Kier molecular flexibility index (Phi) is 6.49. The molecule has 2 N–H and O–H groups in total. The summed E-state index contributed by atoms with van der Waals surface area (Å²) >= 11 is 6.24. The molecular weight excluding hydrogens is 290 g/mol. The zero-order valence-electron chi connectivity index (χ0n) is 13.1. The number of carbonyl (C=O) groups is 1. The van der Waals surface area contributed by atoms with E-state index in [2.05, 4.69) is 0 Å². The van der Waals surface area contributed by atoms with E-state index in [9.17, 15) is 4.79 Å². The first kappa shape index (κ1) is 17.8. The minimum absolute atomic E-state index is 0.0286. The Morgan fingerprint density at radius 2 is 2.10 bits per heavy atom. The van der Waals surface area contributed by atoms with E-state index in [1.54, 1.807) is 13.8 Å². The third-order valence-electron chi connectivity index (χ3n) is 3.39. The molecule has 0 radical (unpaired) electrons. The van der Waals surface area contributed by atoms with E-state index in [-0.39, 0.29) is 18.6 Å². The van der Waals surface area contributed by atoms with Crippen molar-refractivity contribution in [3.05, 3.63) is 28.8 Å². The summed E-state index contributed by atoms with van der Waals surface area (Å²) in [5.41, 5.74) is 6.17. The Hall–Kier alpha value is -1.26. The minimum Gasteiger partial charge on any atom is -0.492 e. The molecule has 1 aromatic rings. The first-order chi connectivity index (χ1) is 9.81. The molecular formula is C16H24ClNO3. The topological polar surface area (TPSA) is 61.5 Å². The van der Waals surface area contributed by atoms with Crippen LogP contribution in [-0.4, -0.2) is 25.7 Å². The molecule has 0 aliphatic rings. The third kappa shape index (κ3) is 4.90. The summed E-state index contributed by atoms with van der Waals surface area (Å²) < 4.78 is 10.6. The summed E-state index contributed by atoms with van der Waals surface area (Å²) in [7, 11) is 1.37. The number of hydrogen-bond donors (Lipinski definition) is 1. The molecule has 0 aromatic heterocycles. The van der Waals surface area contributed by atoms with Crippen LogP contribution < -0.4 is 10.5 Å². The zero-order chi connectivity index (χ0) is 16.0. The monoisotopic (exact) mass is 313 g/mol. The van der Waals surface area contributed by atoms with Gasteiger partial charge in [-0.2, -0.15) is 0 Å². The van der Waals surface area contributed by atoms with Crippen LogP contribution in [0.5, 0.6) is 5.75 Å². The molecule has 0 aliphatic carbocycles. The van der Waals surface area contributed by atoms with E-state index in [4.69, 9.17) is 26.8 Å². The van der Waals surface area contributed by atoms with Gasteiger partial charge >= 0.3 is 5.97 Å². The largest absolute Gasteiger partial charge is 0.492 e. The SMILES string of the molecule is CCC(N)Cc1c(Cl)cccc1OCC(C)(C)C(=O)OC. The van der Waals surface area contributed by atoms with Crippen molar-refractivity contribution in [1.29, 1.82) is 0 Å². The van der Waals surface area contributed by atoms with E-state index < -0.39 is 5.41 Å². The Morgan fingerprint density at radius 1 is 1.43 bits per heavy atom. The van der Waals surface area contributed by atoms with E-state index in [1.165, 1.54) is 7.11 Å². The first-order valence-corrected chi connectivity index (χ1v) is 7.43. The van der Waals surface area contributed by atoms with Crippen molar-refractivity contribution in [3.8, 4) is 5.75 Å². The van der Waals surface area contributed by atoms with Crippen LogP contribution in [0.1, 0.15) is 32.8 Å². The number of methoxy groups -OCH3 is 1. The van der Waals surface area contributed by atoms with Gasteiger partial charge in [0.05, 0.1) is 12.5 Å². The molecule has 0 bridgehead atoms. The van der Waals surface area contributed by atoms with Gasteiger partial charge in [-0.15, -0.1) is 0 Å². The summed E-state index contributed by atoms with van der Waals surface area (Å²) in [6.07, 6.45) is 1.50. The lowest BCUT2D eigenvalue weighted by Crippen LogP contribution is -2.32. The van der Waals surface area contributed by atoms with Crippen LogP contribution in [0, 0.1) is 5.41 Å². The summed E-state index contributed by atoms with van der Waals surface area (Å²) in [6.45, 7) is 5.80. The molecule has 1 rings (SSSR count). The van der Waals surface area contributed by atoms with Crippen LogP contribution >= 0.6 is 11.6 Å². The summed E-state index contributed by atoms with van der Waals surface area (Å²) in [4.78, 5) is 11.7. The average molecular weight is 314 g/mol. The Labute approximate surface area is 131 Å². The van der Waals surface area contributed by atoms with E-state index in [1.807, 2.05) is 25.1 Å². The lowest BCUT2D eigenvalue weighted by Gasteiger charge is -2.23. The predicted octanol–water partition coefficient (Wildman–Crippen LogP) is 3.20. The molecule has 1 unspecified atom stereocenters. The van der Waals surface area contributed by atoms with Crippen molar-refractivity contribution in [1.82, 2.24) is 0 Å². The molecule has 0 aliphatic heterocycles. The van der Waals surface area contributed by atoms with Crippen molar-refractivity contribution in [2.45, 2.75) is 39.7 Å². The van der Waals surface area contributed by atoms with Crippen LogP contribution in [0.15, 0.2) is 18.2 Å². The van der Waals surface area contributed by atoms with Gasteiger partial charge in [0.15, 0.2) is 0 Å². The molecule has 1 aromatic carbocycles. The van der Waals surface area contributed by atoms with Crippen molar-refractivity contribution >= 4 is 17.6 Å². The number of esters is 1. The number of halogens is 1. The minimum atomic E-state index is -0.721. The van der Waals surface area contributed by atoms with Gasteiger partial charge in [0, 0.05) is 16.6 Å². The summed E-state index contributed by atoms with van der Waals surface area (Å²) in [6, 6.07) is 5.51. The standard InChI is InChI=1S/C16H24ClNO3/c1-5-11(18)9-12-13(17)7-6-8-14(12)21-10-16(2,3)15(19)20-4/h6-8,11H,5,9-10,18H2,1-4H3. The Balaban J connectivity index is 2.88. The lowest BCUT2D eigenvalue weighted by molar-refractivity contribution is -0.152. The molecule has 0 fully saturated rings. The molecule has 118 valence electrons. The van der Waals surface area contributed by atoms with Crippen molar-refractivity contribution < 1.29 is 14.3 Å². The molecule has 5 heteroatoms. The quantitative estimate of drug-likeness (QED) is 0.785. The van der Waals surface area contributed by atoms with Gasteiger partial charge in [0.2, 0.25) is 0 Å². The van der Waals surface area contributed by atoms with E-state index >= 15 is 0 Å². The third-order valence-corrected chi connectivity index (χ3v) is 3.75. The number of benzene rings is 1. The fourth-order valence-electron chi connectivity index (χ4n) is 1.87. The van der Waals surface area contributed by atoms with Crippen molar-refractivity contribution in [3.63, 3.8) is 0 Å². The fourth-order valence-corrected chi connectivity index (χ4v) is 2.12. The highest BCUT2D eigenvalue weighted by molar-refractivity contribution is 6.31. The van der Waals surface area contributed by atoms with Gasteiger partial charge in [-0.05, 0) is 38.8 Å². The maximum absolute atomic E-state index is 11.7. The highest BCUT2D eigenvalue weighted by atomic mass is 35.5. The number of rotatable bonds is 7. The molecule has 0 heterocycles. The van der Waals surface area contributed by atoms with Gasteiger partial charge in [0.25, 0.3) is 0 Å². The van der Waals surface area contributed by atoms with Crippen LogP contribution in [0.2, 0.25) is 5.02 Å². The second-order valence-corrected chi connectivity index (χ2v) is 6.16. The number of hydrogen-bond acceptors (Lipinski definition) is 4. The van der Waals surface area contributed by atoms with E-state index in [0.717, 1.165) is 12.0 Å². The zero-order valence-corrected chi connectivity index (χ0v) is 13.9. The number of nitrogens with two attached hydrogens (primary N) is 1. The maximum Gasteiger partial charge on any atom is 0.314 e. The highest BCUT2D eigenvalue weighted by Crippen LogP contribution is 2.29. The average Bonchev–Trinajstić information content (AvgIpc) is 2.46.